The number of nitrogens with one attached hydrogen (secondary N) is 3. The van der Waals surface area contributed by atoms with Gasteiger partial charge in [-0.15, -0.1) is 0 Å². The first-order valence-electron chi connectivity index (χ1n) is 20.9. The number of hydrogen-bond donors (Lipinski definition) is 4. The molecule has 0 bridgehead atoms. The van der Waals surface area contributed by atoms with E-state index < -0.39 is 35.9 Å². The zero-order valence-electron chi connectivity index (χ0n) is 34.1. The van der Waals surface area contributed by atoms with Crippen molar-refractivity contribution in [1.82, 2.24) is 20.9 Å². The van der Waals surface area contributed by atoms with Gasteiger partial charge in [0.1, 0.15) is 23.9 Å². The van der Waals surface area contributed by atoms with Gasteiger partial charge in [-0.05, 0) is 112 Å². The highest BCUT2D eigenvalue weighted by molar-refractivity contribution is 6.11. The van der Waals surface area contributed by atoms with Crippen LogP contribution >= 0.6 is 0 Å². The normalized spacial score (nSPS) is 21.1. The molecular formula is C47H52FN5O7. The Bertz CT molecular complexity index is 2300. The first kappa shape index (κ1) is 42.1. The van der Waals surface area contributed by atoms with E-state index >= 15 is 0 Å². The molecule has 0 unspecified atom stereocenters. The lowest BCUT2D eigenvalue weighted by Crippen LogP contribution is -2.37. The molecule has 1 aliphatic carbocycles. The van der Waals surface area contributed by atoms with Gasteiger partial charge in [0, 0.05) is 28.8 Å². The van der Waals surface area contributed by atoms with Crippen LogP contribution in [0.2, 0.25) is 0 Å². The smallest absolute Gasteiger partial charge is 0.261 e. The minimum absolute atomic E-state index is 0.0391. The van der Waals surface area contributed by atoms with E-state index in [2.05, 4.69) is 44.9 Å². The maximum Gasteiger partial charge on any atom is 0.261 e. The average Bonchev–Trinajstić information content (AvgIpc) is 3.53. The van der Waals surface area contributed by atoms with Crippen molar-refractivity contribution in [2.45, 2.75) is 83.3 Å². The quantitative estimate of drug-likeness (QED) is 0.0572. The van der Waals surface area contributed by atoms with Crippen molar-refractivity contribution in [1.29, 1.82) is 0 Å². The predicted octanol–water partition coefficient (Wildman–Crippen LogP) is 6.35. The summed E-state index contributed by atoms with van der Waals surface area (Å²) in [7, 11) is 1.45. The fourth-order valence-corrected chi connectivity index (χ4v) is 8.49. The number of carbonyl (C=O) groups excluding carboxylic acids is 4. The Labute approximate surface area is 349 Å². The number of alkyl halides is 1. The first-order chi connectivity index (χ1) is 29.1. The summed E-state index contributed by atoms with van der Waals surface area (Å²) in [4.78, 5) is 53.0. The number of aromatic nitrogens is 1. The predicted molar refractivity (Wildman–Crippen MR) is 225 cm³/mol. The summed E-state index contributed by atoms with van der Waals surface area (Å²) >= 11 is 0. The summed E-state index contributed by atoms with van der Waals surface area (Å²) < 4.78 is 32.0. The number of rotatable bonds is 16. The molecule has 0 radical (unpaired) electrons. The van der Waals surface area contributed by atoms with Crippen molar-refractivity contribution in [2.24, 2.45) is 23.5 Å². The highest BCUT2D eigenvalue weighted by atomic mass is 19.1. The molecule has 3 atom stereocenters. The second-order valence-electron chi connectivity index (χ2n) is 15.9. The second kappa shape index (κ2) is 19.4. The third kappa shape index (κ3) is 9.88. The van der Waals surface area contributed by atoms with Crippen molar-refractivity contribution in [2.75, 3.05) is 26.8 Å². The molecule has 1 saturated heterocycles. The van der Waals surface area contributed by atoms with Gasteiger partial charge in [-0.3, -0.25) is 24.5 Å². The molecule has 3 aliphatic rings. The first-order valence-corrected chi connectivity index (χ1v) is 20.9. The SMILES string of the molecule is CC[C@@H]1[C@H](F)C(=O)N[C@@H]1COc1ncc(C#CC2CCC(CNCCCCCc3ccc(Oc4cccc5c4C(=O)NC(=O)C5)cc3)CC2)c2cc(C(N)=O)c(OC)cc12. The molecule has 0 spiro atoms. The number of aryl methyl sites for hydroxylation is 1. The highest BCUT2D eigenvalue weighted by Gasteiger charge is 2.42. The molecule has 3 heterocycles. The fourth-order valence-electron chi connectivity index (χ4n) is 8.49. The van der Waals surface area contributed by atoms with Crippen LogP contribution < -0.4 is 35.9 Å². The summed E-state index contributed by atoms with van der Waals surface area (Å²) in [5.74, 6) is 6.77. The molecule has 60 heavy (non-hydrogen) atoms. The second-order valence-corrected chi connectivity index (χ2v) is 15.9. The molecule has 13 heteroatoms. The molecule has 4 amide bonds. The Kier molecular flexibility index (Phi) is 13.6. The van der Waals surface area contributed by atoms with Crippen LogP contribution in [0.5, 0.6) is 23.1 Å². The Morgan fingerprint density at radius 2 is 1.80 bits per heavy atom. The number of halogens is 1. The number of nitrogens with zero attached hydrogens (tertiary/aromatic N) is 1. The van der Waals surface area contributed by atoms with Crippen LogP contribution in [-0.4, -0.2) is 67.6 Å². The molecule has 1 saturated carbocycles. The number of methoxy groups -OCH3 is 1. The third-order valence-corrected chi connectivity index (χ3v) is 11.9. The number of hydrogen-bond acceptors (Lipinski definition) is 9. The van der Waals surface area contributed by atoms with Crippen LogP contribution in [0.25, 0.3) is 10.8 Å². The van der Waals surface area contributed by atoms with Gasteiger partial charge < -0.3 is 30.6 Å². The topological polar surface area (TPSA) is 171 Å². The van der Waals surface area contributed by atoms with Gasteiger partial charge in [-0.1, -0.05) is 49.5 Å². The number of nitrogens with two attached hydrogens (primary N) is 1. The molecule has 3 aromatic carbocycles. The van der Waals surface area contributed by atoms with Gasteiger partial charge >= 0.3 is 0 Å². The summed E-state index contributed by atoms with van der Waals surface area (Å²) in [6.07, 6.45) is 9.18. The van der Waals surface area contributed by atoms with E-state index in [-0.39, 0.29) is 42.0 Å². The number of benzene rings is 3. The molecule has 314 valence electrons. The van der Waals surface area contributed by atoms with E-state index in [1.165, 1.54) is 12.7 Å². The van der Waals surface area contributed by atoms with Crippen molar-refractivity contribution >= 4 is 34.4 Å². The standard InChI is InChI=1S/C47H52FN5O7/c1-3-34-38(52-46(57)43(34)48)27-59-47-36-24-40(58-2)37(44(49)55)23-35(36)32(26-51-47)18-15-29-11-13-30(14-12-29)25-50-21-6-4-5-8-28-16-19-33(20-17-28)60-39-10-7-9-31-22-41(54)53-45(56)42(31)39/h7,9-10,16-17,19-20,23-24,26,29-30,34,38,43,50H,3-6,8,11-14,21-22,25,27H2,1-2H3,(H2,49,55)(H,52,57)(H,53,54,56)/t29?,30?,34-,38+,43-/m0/s1. The van der Waals surface area contributed by atoms with Crippen LogP contribution in [0.1, 0.15) is 95.7 Å². The van der Waals surface area contributed by atoms with Gasteiger partial charge in [0.2, 0.25) is 11.8 Å². The van der Waals surface area contributed by atoms with Gasteiger partial charge in [0.05, 0.1) is 36.3 Å². The minimum atomic E-state index is -1.57. The zero-order chi connectivity index (χ0) is 42.2. The number of primary amides is 1. The molecule has 4 aromatic rings. The van der Waals surface area contributed by atoms with Crippen LogP contribution in [0, 0.1) is 29.6 Å². The van der Waals surface area contributed by atoms with Gasteiger partial charge in [0.25, 0.3) is 17.7 Å². The van der Waals surface area contributed by atoms with E-state index in [1.54, 1.807) is 36.5 Å². The lowest BCUT2D eigenvalue weighted by Gasteiger charge is -2.25. The number of unbranched alkanes of at least 4 members (excludes halogenated alkanes) is 2. The highest BCUT2D eigenvalue weighted by Crippen LogP contribution is 2.35. The maximum atomic E-state index is 14.4. The number of ether oxygens (including phenoxy) is 3. The minimum Gasteiger partial charge on any atom is -0.496 e. The van der Waals surface area contributed by atoms with Crippen LogP contribution in [-0.2, 0) is 22.4 Å². The Morgan fingerprint density at radius 3 is 2.55 bits per heavy atom. The monoisotopic (exact) mass is 817 g/mol. The van der Waals surface area contributed by atoms with Gasteiger partial charge in [-0.2, -0.15) is 0 Å². The van der Waals surface area contributed by atoms with Gasteiger partial charge in [-0.25, -0.2) is 9.37 Å². The van der Waals surface area contributed by atoms with Crippen LogP contribution in [0.4, 0.5) is 4.39 Å². The van der Waals surface area contributed by atoms with E-state index in [1.807, 2.05) is 19.1 Å². The summed E-state index contributed by atoms with van der Waals surface area (Å²) in [6, 6.07) is 16.1. The molecular weight excluding hydrogens is 766 g/mol. The molecule has 2 aliphatic heterocycles. The molecule has 5 N–H and O–H groups in total. The van der Waals surface area contributed by atoms with Crippen LogP contribution in [0.15, 0.2) is 60.8 Å². The van der Waals surface area contributed by atoms with E-state index in [9.17, 15) is 23.6 Å². The number of pyridine rings is 1. The van der Waals surface area contributed by atoms with Crippen molar-refractivity contribution in [3.8, 4) is 35.0 Å². The summed E-state index contributed by atoms with van der Waals surface area (Å²) in [5, 5.41) is 9.94. The third-order valence-electron chi connectivity index (χ3n) is 11.9. The van der Waals surface area contributed by atoms with Crippen molar-refractivity contribution in [3.63, 3.8) is 0 Å². The lowest BCUT2D eigenvalue weighted by molar-refractivity contribution is -0.124. The number of carbonyl (C=O) groups is 4. The maximum absolute atomic E-state index is 14.4. The number of fused-ring (bicyclic) bond motifs is 2. The van der Waals surface area contributed by atoms with Crippen LogP contribution in [0.3, 0.4) is 0 Å². The molecule has 12 nitrogen and oxygen atoms in total. The average molecular weight is 818 g/mol. The van der Waals surface area contributed by atoms with E-state index in [0.717, 1.165) is 64.5 Å². The number of amides is 4. The van der Waals surface area contributed by atoms with Crippen molar-refractivity contribution in [3.05, 3.63) is 88.6 Å². The summed E-state index contributed by atoms with van der Waals surface area (Å²) in [6.45, 7) is 3.85. The number of imide groups is 1. The van der Waals surface area contributed by atoms with E-state index in [4.69, 9.17) is 19.9 Å². The Balaban J connectivity index is 0.847. The zero-order valence-corrected chi connectivity index (χ0v) is 34.1. The molecule has 7 rings (SSSR count). The largest absolute Gasteiger partial charge is 0.496 e. The van der Waals surface area contributed by atoms with Crippen molar-refractivity contribution < 1.29 is 37.8 Å². The Hall–Kier alpha value is -6.00. The Morgan fingerprint density at radius 1 is 1.00 bits per heavy atom. The molecule has 2 fully saturated rings. The summed E-state index contributed by atoms with van der Waals surface area (Å²) in [5.41, 5.74) is 8.87. The van der Waals surface area contributed by atoms with Gasteiger partial charge in [0.15, 0.2) is 6.17 Å². The lowest BCUT2D eigenvalue weighted by atomic mass is 9.82. The fraction of sp³-hybridized carbons (Fsp3) is 0.426. The molecule has 1 aromatic heterocycles. The van der Waals surface area contributed by atoms with E-state index in [0.29, 0.717) is 51.3 Å².